The molecule has 0 aromatic heterocycles. The SMILES string of the molecule is CC(C)CNC(=O)N1CCCC(CC(=O)N2CCC(CN)CC2)C1. The number of amides is 3. The zero-order chi connectivity index (χ0) is 17.5. The zero-order valence-corrected chi connectivity index (χ0v) is 15.3. The second kappa shape index (κ2) is 9.25. The number of piperidine rings is 2. The van der Waals surface area contributed by atoms with Crippen molar-refractivity contribution in [2.24, 2.45) is 23.5 Å². The Morgan fingerprint density at radius 1 is 1.08 bits per heavy atom. The first-order valence-corrected chi connectivity index (χ1v) is 9.50. The molecule has 6 heteroatoms. The summed E-state index contributed by atoms with van der Waals surface area (Å²) in [5.74, 6) is 1.57. The van der Waals surface area contributed by atoms with Gasteiger partial charge in [0.1, 0.15) is 0 Å². The second-order valence-electron chi connectivity index (χ2n) is 7.80. The van der Waals surface area contributed by atoms with Crippen LogP contribution in [-0.4, -0.2) is 61.0 Å². The van der Waals surface area contributed by atoms with Crippen LogP contribution in [0.1, 0.15) is 46.0 Å². The van der Waals surface area contributed by atoms with Crippen molar-refractivity contribution in [3.63, 3.8) is 0 Å². The summed E-state index contributed by atoms with van der Waals surface area (Å²) in [5.41, 5.74) is 5.71. The van der Waals surface area contributed by atoms with Crippen LogP contribution in [0.3, 0.4) is 0 Å². The molecule has 0 bridgehead atoms. The van der Waals surface area contributed by atoms with E-state index < -0.39 is 0 Å². The first kappa shape index (κ1) is 19.0. The number of nitrogens with zero attached hydrogens (tertiary/aromatic N) is 2. The molecule has 2 aliphatic rings. The van der Waals surface area contributed by atoms with Gasteiger partial charge < -0.3 is 20.9 Å². The topological polar surface area (TPSA) is 78.7 Å². The molecule has 0 aliphatic carbocycles. The van der Waals surface area contributed by atoms with Crippen molar-refractivity contribution in [3.8, 4) is 0 Å². The summed E-state index contributed by atoms with van der Waals surface area (Å²) in [5, 5.41) is 2.98. The minimum absolute atomic E-state index is 0.0182. The van der Waals surface area contributed by atoms with Crippen molar-refractivity contribution in [2.75, 3.05) is 39.3 Å². The Kier molecular flexibility index (Phi) is 7.34. The minimum atomic E-state index is 0.0182. The van der Waals surface area contributed by atoms with Crippen LogP contribution in [0.2, 0.25) is 0 Å². The molecular formula is C18H34N4O2. The first-order valence-electron chi connectivity index (χ1n) is 9.50. The van der Waals surface area contributed by atoms with Gasteiger partial charge in [0.25, 0.3) is 0 Å². The van der Waals surface area contributed by atoms with Crippen LogP contribution < -0.4 is 11.1 Å². The average Bonchev–Trinajstić information content (AvgIpc) is 2.59. The lowest BCUT2D eigenvalue weighted by molar-refractivity contribution is -0.133. The van der Waals surface area contributed by atoms with Crippen molar-refractivity contribution in [3.05, 3.63) is 0 Å². The van der Waals surface area contributed by atoms with Gasteiger partial charge in [-0.1, -0.05) is 13.8 Å². The zero-order valence-electron chi connectivity index (χ0n) is 15.3. The number of urea groups is 1. The van der Waals surface area contributed by atoms with Crippen molar-refractivity contribution in [1.82, 2.24) is 15.1 Å². The van der Waals surface area contributed by atoms with E-state index in [1.54, 1.807) is 0 Å². The third-order valence-corrected chi connectivity index (χ3v) is 5.23. The quantitative estimate of drug-likeness (QED) is 0.800. The number of carbonyl (C=O) groups excluding carboxylic acids is 2. The van der Waals surface area contributed by atoms with Crippen molar-refractivity contribution >= 4 is 11.9 Å². The number of likely N-dealkylation sites (tertiary alicyclic amines) is 2. The highest BCUT2D eigenvalue weighted by Crippen LogP contribution is 2.23. The van der Waals surface area contributed by atoms with Gasteiger partial charge in [0.15, 0.2) is 0 Å². The number of nitrogens with one attached hydrogen (secondary N) is 1. The lowest BCUT2D eigenvalue weighted by atomic mass is 9.92. The van der Waals surface area contributed by atoms with Crippen LogP contribution in [0.15, 0.2) is 0 Å². The van der Waals surface area contributed by atoms with E-state index in [1.165, 1.54) is 0 Å². The summed E-state index contributed by atoms with van der Waals surface area (Å²) < 4.78 is 0. The maximum absolute atomic E-state index is 12.5. The maximum Gasteiger partial charge on any atom is 0.317 e. The van der Waals surface area contributed by atoms with Crippen LogP contribution in [0.5, 0.6) is 0 Å². The highest BCUT2D eigenvalue weighted by molar-refractivity contribution is 5.77. The van der Waals surface area contributed by atoms with E-state index in [2.05, 4.69) is 19.2 Å². The third-order valence-electron chi connectivity index (χ3n) is 5.23. The van der Waals surface area contributed by atoms with E-state index in [-0.39, 0.29) is 11.9 Å². The lowest BCUT2D eigenvalue weighted by Gasteiger charge is -2.35. The van der Waals surface area contributed by atoms with Gasteiger partial charge in [-0.15, -0.1) is 0 Å². The molecule has 1 atom stereocenters. The molecule has 3 amide bonds. The molecule has 1 unspecified atom stereocenters. The lowest BCUT2D eigenvalue weighted by Crippen LogP contribution is -2.47. The van der Waals surface area contributed by atoms with E-state index in [9.17, 15) is 9.59 Å². The number of rotatable bonds is 5. The van der Waals surface area contributed by atoms with Gasteiger partial charge in [-0.25, -0.2) is 4.79 Å². The van der Waals surface area contributed by atoms with Gasteiger partial charge in [-0.3, -0.25) is 4.79 Å². The Balaban J connectivity index is 1.76. The molecule has 0 aromatic carbocycles. The van der Waals surface area contributed by atoms with E-state index in [1.807, 2.05) is 9.80 Å². The molecule has 2 aliphatic heterocycles. The fraction of sp³-hybridized carbons (Fsp3) is 0.889. The molecule has 24 heavy (non-hydrogen) atoms. The normalized spacial score (nSPS) is 22.8. The molecule has 0 spiro atoms. The van der Waals surface area contributed by atoms with Crippen LogP contribution in [0.25, 0.3) is 0 Å². The van der Waals surface area contributed by atoms with Crippen molar-refractivity contribution in [2.45, 2.75) is 46.0 Å². The van der Waals surface area contributed by atoms with Crippen LogP contribution >= 0.6 is 0 Å². The Labute approximate surface area is 146 Å². The van der Waals surface area contributed by atoms with Gasteiger partial charge in [-0.2, -0.15) is 0 Å². The minimum Gasteiger partial charge on any atom is -0.343 e. The third kappa shape index (κ3) is 5.65. The fourth-order valence-electron chi connectivity index (χ4n) is 3.61. The molecule has 138 valence electrons. The first-order chi connectivity index (χ1) is 11.5. The van der Waals surface area contributed by atoms with Gasteiger partial charge in [-0.05, 0) is 50.0 Å². The summed E-state index contributed by atoms with van der Waals surface area (Å²) in [6.07, 6.45) is 4.65. The molecular weight excluding hydrogens is 304 g/mol. The Morgan fingerprint density at radius 2 is 1.79 bits per heavy atom. The summed E-state index contributed by atoms with van der Waals surface area (Å²) in [6, 6.07) is 0.0182. The largest absolute Gasteiger partial charge is 0.343 e. The molecule has 0 aromatic rings. The number of hydrogen-bond acceptors (Lipinski definition) is 3. The van der Waals surface area contributed by atoms with Gasteiger partial charge in [0, 0.05) is 39.1 Å². The van der Waals surface area contributed by atoms with Gasteiger partial charge in [0.05, 0.1) is 0 Å². The number of carbonyl (C=O) groups is 2. The summed E-state index contributed by atoms with van der Waals surface area (Å²) in [4.78, 5) is 28.6. The molecule has 2 heterocycles. The van der Waals surface area contributed by atoms with E-state index >= 15 is 0 Å². The highest BCUT2D eigenvalue weighted by Gasteiger charge is 2.28. The van der Waals surface area contributed by atoms with Crippen LogP contribution in [0, 0.1) is 17.8 Å². The molecule has 0 radical (unpaired) electrons. The Morgan fingerprint density at radius 3 is 2.42 bits per heavy atom. The molecule has 2 saturated heterocycles. The summed E-state index contributed by atoms with van der Waals surface area (Å²) in [7, 11) is 0. The van der Waals surface area contributed by atoms with Crippen molar-refractivity contribution < 1.29 is 9.59 Å². The fourth-order valence-corrected chi connectivity index (χ4v) is 3.61. The smallest absolute Gasteiger partial charge is 0.317 e. The number of nitrogens with two attached hydrogens (primary N) is 1. The molecule has 0 saturated carbocycles. The number of hydrogen-bond donors (Lipinski definition) is 2. The van der Waals surface area contributed by atoms with Crippen molar-refractivity contribution in [1.29, 1.82) is 0 Å². The highest BCUT2D eigenvalue weighted by atomic mass is 16.2. The van der Waals surface area contributed by atoms with Gasteiger partial charge in [0.2, 0.25) is 5.91 Å². The monoisotopic (exact) mass is 338 g/mol. The van der Waals surface area contributed by atoms with Crippen LogP contribution in [0.4, 0.5) is 4.79 Å². The molecule has 6 nitrogen and oxygen atoms in total. The Hall–Kier alpha value is -1.30. The second-order valence-corrected chi connectivity index (χ2v) is 7.80. The molecule has 2 fully saturated rings. The summed E-state index contributed by atoms with van der Waals surface area (Å²) >= 11 is 0. The van der Waals surface area contributed by atoms with E-state index in [0.717, 1.165) is 51.9 Å². The summed E-state index contributed by atoms with van der Waals surface area (Å²) in [6.45, 7) is 8.79. The van der Waals surface area contributed by atoms with E-state index in [0.29, 0.717) is 37.3 Å². The van der Waals surface area contributed by atoms with E-state index in [4.69, 9.17) is 5.73 Å². The molecule has 2 rings (SSSR count). The van der Waals surface area contributed by atoms with Crippen LogP contribution in [-0.2, 0) is 4.79 Å². The average molecular weight is 338 g/mol. The predicted octanol–water partition coefficient (Wildman–Crippen LogP) is 1.65. The predicted molar refractivity (Wildman–Crippen MR) is 95.5 cm³/mol. The maximum atomic E-state index is 12.5. The Bertz CT molecular complexity index is 419. The van der Waals surface area contributed by atoms with Gasteiger partial charge >= 0.3 is 6.03 Å². The molecule has 3 N–H and O–H groups in total. The standard InChI is InChI=1S/C18H34N4O2/c1-14(2)12-20-18(24)22-7-3-4-16(13-22)10-17(23)21-8-5-15(11-19)6-9-21/h14-16H,3-13,19H2,1-2H3,(H,20,24).